The molecule has 0 spiro atoms. The van der Waals surface area contributed by atoms with E-state index in [1.165, 1.54) is 21.8 Å². The van der Waals surface area contributed by atoms with Gasteiger partial charge in [0.1, 0.15) is 25.0 Å². The van der Waals surface area contributed by atoms with E-state index in [1.54, 1.807) is 0 Å². The number of nitrogens with one attached hydrogen (secondary N) is 1. The van der Waals surface area contributed by atoms with Gasteiger partial charge < -0.3 is 23.7 Å². The number of carbonyl (C=O) groups excluding carboxylic acids is 2. The van der Waals surface area contributed by atoms with Crippen molar-refractivity contribution >= 4 is 34.3 Å². The van der Waals surface area contributed by atoms with Crippen molar-refractivity contribution in [3.8, 4) is 0 Å². The van der Waals surface area contributed by atoms with Gasteiger partial charge >= 0.3 is 18.0 Å². The quantitative estimate of drug-likeness (QED) is 0.335. The van der Waals surface area contributed by atoms with Gasteiger partial charge in [-0.25, -0.2) is 14.4 Å². The Balaban J connectivity index is 2.13. The Morgan fingerprint density at radius 2 is 1.82 bits per heavy atom. The molecule has 1 aliphatic heterocycles. The van der Waals surface area contributed by atoms with Crippen molar-refractivity contribution in [1.29, 1.82) is 0 Å². The molecule has 3 atom stereocenters. The van der Waals surface area contributed by atoms with Crippen LogP contribution in [0.25, 0.3) is 6.08 Å². The Hall–Kier alpha value is -2.60. The number of H-pyrrole nitrogens is 1. The number of carbonyl (C=O) groups is 2. The Morgan fingerprint density at radius 1 is 1.15 bits per heavy atom. The molecule has 0 aliphatic carbocycles. The minimum atomic E-state index is -0.884. The second-order valence-corrected chi connectivity index (χ2v) is 7.81. The van der Waals surface area contributed by atoms with Crippen LogP contribution in [0.4, 0.5) is 9.59 Å². The van der Waals surface area contributed by atoms with Crippen LogP contribution in [-0.4, -0.2) is 53.9 Å². The first-order chi connectivity index (χ1) is 15.9. The largest absolute Gasteiger partial charge is 0.508 e. The average molecular weight is 533 g/mol. The second-order valence-electron chi connectivity index (χ2n) is 7.28. The van der Waals surface area contributed by atoms with Crippen LogP contribution in [0.5, 0.6) is 0 Å². The van der Waals surface area contributed by atoms with Gasteiger partial charge in [-0.1, -0.05) is 42.6 Å². The molecule has 0 bridgehead atoms. The van der Waals surface area contributed by atoms with E-state index < -0.39 is 42.0 Å². The fourth-order valence-corrected chi connectivity index (χ4v) is 3.28. The number of unbranched alkanes of at least 4 members (excludes halogenated alkanes) is 2. The third-order valence-electron chi connectivity index (χ3n) is 4.78. The molecule has 1 saturated heterocycles. The lowest BCUT2D eigenvalue weighted by Gasteiger charge is -2.18. The fraction of sp³-hybridized carbons (Fsp3) is 0.619. The molecule has 1 aliphatic rings. The van der Waals surface area contributed by atoms with Crippen molar-refractivity contribution in [2.24, 2.45) is 0 Å². The number of nitrogens with zero attached hydrogens (tertiary/aromatic N) is 1. The second kappa shape index (κ2) is 13.8. The summed E-state index contributed by atoms with van der Waals surface area (Å²) in [4.78, 5) is 51.9. The first kappa shape index (κ1) is 26.7. The summed E-state index contributed by atoms with van der Waals surface area (Å²) in [5, 5.41) is 0. The molecule has 0 unspecified atom stereocenters. The summed E-state index contributed by atoms with van der Waals surface area (Å²) in [7, 11) is 0. The van der Waals surface area contributed by atoms with E-state index in [-0.39, 0.29) is 31.8 Å². The first-order valence-corrected chi connectivity index (χ1v) is 11.7. The van der Waals surface area contributed by atoms with Crippen LogP contribution in [0.1, 0.15) is 57.7 Å². The van der Waals surface area contributed by atoms with Gasteiger partial charge in [-0.05, 0) is 23.9 Å². The maximum Gasteiger partial charge on any atom is 0.508 e. The predicted octanol–water partition coefficient (Wildman–Crippen LogP) is 3.46. The average Bonchev–Trinajstić information content (AvgIpc) is 3.16. The van der Waals surface area contributed by atoms with Crippen LogP contribution in [-0.2, 0) is 23.7 Å². The number of hydrogen-bond acceptors (Lipinski definition) is 9. The topological polar surface area (TPSA) is 135 Å². The van der Waals surface area contributed by atoms with Crippen molar-refractivity contribution in [1.82, 2.24) is 9.55 Å². The van der Waals surface area contributed by atoms with Gasteiger partial charge in [-0.3, -0.25) is 14.3 Å². The minimum absolute atomic E-state index is 0.0746. The summed E-state index contributed by atoms with van der Waals surface area (Å²) in [6.07, 6.45) is 1.60. The van der Waals surface area contributed by atoms with E-state index in [4.69, 9.17) is 23.7 Å². The van der Waals surface area contributed by atoms with Gasteiger partial charge in [-0.15, -0.1) is 0 Å². The molecule has 0 radical (unpaired) electrons. The van der Waals surface area contributed by atoms with Crippen LogP contribution in [0.15, 0.2) is 20.8 Å². The molecule has 0 saturated carbocycles. The zero-order valence-electron chi connectivity index (χ0n) is 18.6. The number of hydrogen-bond donors (Lipinski definition) is 1. The Kier molecular flexibility index (Phi) is 11.2. The van der Waals surface area contributed by atoms with Gasteiger partial charge in [-0.2, -0.15) is 0 Å². The molecule has 12 heteroatoms. The first-order valence-electron chi connectivity index (χ1n) is 10.8. The van der Waals surface area contributed by atoms with E-state index in [1.807, 2.05) is 13.8 Å². The van der Waals surface area contributed by atoms with Crippen molar-refractivity contribution < 1.29 is 33.3 Å². The highest BCUT2D eigenvalue weighted by Gasteiger charge is 2.40. The number of aromatic amines is 1. The molecule has 11 nitrogen and oxygen atoms in total. The van der Waals surface area contributed by atoms with Gasteiger partial charge in [0, 0.05) is 12.6 Å². The van der Waals surface area contributed by atoms with Crippen LogP contribution < -0.4 is 11.2 Å². The molecule has 1 fully saturated rings. The molecule has 0 amide bonds. The number of rotatable bonds is 11. The van der Waals surface area contributed by atoms with E-state index >= 15 is 0 Å². The van der Waals surface area contributed by atoms with Crippen molar-refractivity contribution in [2.45, 2.75) is 64.4 Å². The Bertz CT molecular complexity index is 927. The molecule has 2 rings (SSSR count). The summed E-state index contributed by atoms with van der Waals surface area (Å²) in [6.45, 7) is 4.09. The van der Waals surface area contributed by atoms with E-state index in [0.717, 1.165) is 12.8 Å². The summed E-state index contributed by atoms with van der Waals surface area (Å²) in [6, 6.07) is 0. The Morgan fingerprint density at radius 3 is 2.45 bits per heavy atom. The molecule has 0 aromatic carbocycles. The number of aromatic nitrogens is 2. The molecule has 1 N–H and O–H groups in total. The maximum absolute atomic E-state index is 12.4. The summed E-state index contributed by atoms with van der Waals surface area (Å²) < 4.78 is 27.5. The summed E-state index contributed by atoms with van der Waals surface area (Å²) in [5.74, 6) is 0. The lowest BCUT2D eigenvalue weighted by molar-refractivity contribution is -0.0676. The molecule has 1 aromatic rings. The van der Waals surface area contributed by atoms with E-state index in [2.05, 4.69) is 20.9 Å². The highest BCUT2D eigenvalue weighted by Crippen LogP contribution is 2.30. The van der Waals surface area contributed by atoms with Gasteiger partial charge in [0.15, 0.2) is 0 Å². The van der Waals surface area contributed by atoms with Gasteiger partial charge in [0.25, 0.3) is 5.56 Å². The third-order valence-corrected chi connectivity index (χ3v) is 5.04. The maximum atomic E-state index is 12.4. The minimum Gasteiger partial charge on any atom is -0.434 e. The SMILES string of the molecule is CCCCOC(=O)OC[C@H]1O[C@@H](n2cc(/C=C/Br)c(=O)[nH]c2=O)C[C@@H]1OC(=O)OCCCC. The molecule has 33 heavy (non-hydrogen) atoms. The standard InChI is InChI=1S/C21H29BrN2O9/c1-3-5-9-29-20(27)31-13-16-15(33-21(28)30-10-6-4-2)11-17(32-16)24-12-14(7-8-22)18(25)23-19(24)26/h7-8,12,15-17H,3-6,9-11,13H2,1-2H3,(H,23,25,26)/b8-7+/t15-,16+,17+/m0/s1. The predicted molar refractivity (Wildman–Crippen MR) is 121 cm³/mol. The highest BCUT2D eigenvalue weighted by atomic mass is 79.9. The van der Waals surface area contributed by atoms with Crippen LogP contribution in [0.3, 0.4) is 0 Å². The van der Waals surface area contributed by atoms with Crippen LogP contribution in [0.2, 0.25) is 0 Å². The molecule has 1 aromatic heterocycles. The highest BCUT2D eigenvalue weighted by molar-refractivity contribution is 9.11. The fourth-order valence-electron chi connectivity index (χ4n) is 3.00. The summed E-state index contributed by atoms with van der Waals surface area (Å²) >= 11 is 3.09. The zero-order valence-corrected chi connectivity index (χ0v) is 20.2. The zero-order chi connectivity index (χ0) is 24.2. The van der Waals surface area contributed by atoms with Crippen LogP contribution >= 0.6 is 15.9 Å². The lowest BCUT2D eigenvalue weighted by Crippen LogP contribution is -2.33. The normalized spacial score (nSPS) is 20.0. The van der Waals surface area contributed by atoms with Crippen molar-refractivity contribution in [3.05, 3.63) is 37.6 Å². The van der Waals surface area contributed by atoms with E-state index in [9.17, 15) is 19.2 Å². The molecule has 184 valence electrons. The lowest BCUT2D eigenvalue weighted by atomic mass is 10.2. The third kappa shape index (κ3) is 8.35. The number of ether oxygens (including phenoxy) is 5. The van der Waals surface area contributed by atoms with Crippen molar-refractivity contribution in [3.63, 3.8) is 0 Å². The van der Waals surface area contributed by atoms with Crippen LogP contribution in [0, 0.1) is 0 Å². The monoisotopic (exact) mass is 532 g/mol. The van der Waals surface area contributed by atoms with Crippen molar-refractivity contribution in [2.75, 3.05) is 19.8 Å². The summed E-state index contributed by atoms with van der Waals surface area (Å²) in [5.41, 5.74) is -1.04. The molecule has 2 heterocycles. The molecular weight excluding hydrogens is 504 g/mol. The van der Waals surface area contributed by atoms with Gasteiger partial charge in [0.2, 0.25) is 0 Å². The molecular formula is C21H29BrN2O9. The number of halogens is 1. The Labute approximate surface area is 199 Å². The van der Waals surface area contributed by atoms with E-state index in [0.29, 0.717) is 12.8 Å². The van der Waals surface area contributed by atoms with Gasteiger partial charge in [0.05, 0.1) is 18.8 Å². The smallest absolute Gasteiger partial charge is 0.434 e.